The van der Waals surface area contributed by atoms with Gasteiger partial charge in [-0.1, -0.05) is 42.5 Å². The number of rotatable bonds is 3. The average molecular weight is 266 g/mol. The van der Waals surface area contributed by atoms with Crippen LogP contribution in [0.15, 0.2) is 42.5 Å². The van der Waals surface area contributed by atoms with Crippen molar-refractivity contribution in [2.45, 2.75) is 13.3 Å². The maximum atomic E-state index is 12.2. The van der Waals surface area contributed by atoms with Crippen LogP contribution in [0.3, 0.4) is 0 Å². The van der Waals surface area contributed by atoms with Gasteiger partial charge in [0.05, 0.1) is 0 Å². The summed E-state index contributed by atoms with van der Waals surface area (Å²) in [5.41, 5.74) is 5.21. The van der Waals surface area contributed by atoms with Crippen molar-refractivity contribution in [1.82, 2.24) is 0 Å². The molecule has 0 amide bonds. The van der Waals surface area contributed by atoms with Gasteiger partial charge in [0.25, 0.3) is 0 Å². The highest BCUT2D eigenvalue weighted by Gasteiger charge is 2.23. The Hall–Kier alpha value is -2.42. The number of hydrogen-bond donors (Lipinski definition) is 0. The third kappa shape index (κ3) is 2.11. The van der Waals surface area contributed by atoms with E-state index in [-0.39, 0.29) is 12.4 Å². The second-order valence-corrected chi connectivity index (χ2v) is 4.87. The first-order chi connectivity index (χ1) is 9.66. The van der Waals surface area contributed by atoms with Crippen molar-refractivity contribution in [2.75, 3.05) is 6.61 Å². The van der Waals surface area contributed by atoms with E-state index < -0.39 is 5.97 Å². The molecule has 3 rings (SSSR count). The van der Waals surface area contributed by atoms with Crippen LogP contribution in [0.5, 0.6) is 0 Å². The predicted molar refractivity (Wildman–Crippen MR) is 75.6 cm³/mol. The number of carbonyl (C=O) groups excluding carboxylic acids is 2. The standard InChI is InChI=1S/C17H14O3/c1-11(18)20-10-17(19)15-8-4-7-14-13-6-3-2-5-12(13)9-16(14)15/h2-8H,9-10H2,1H3. The minimum atomic E-state index is -0.436. The Labute approximate surface area is 117 Å². The summed E-state index contributed by atoms with van der Waals surface area (Å²) in [5.74, 6) is -0.584. The molecule has 0 atom stereocenters. The number of esters is 1. The Balaban J connectivity index is 1.97. The van der Waals surface area contributed by atoms with E-state index in [1.165, 1.54) is 18.1 Å². The van der Waals surface area contributed by atoms with Gasteiger partial charge in [-0.2, -0.15) is 0 Å². The Bertz CT molecular complexity index is 701. The summed E-state index contributed by atoms with van der Waals surface area (Å²) < 4.78 is 4.81. The van der Waals surface area contributed by atoms with Gasteiger partial charge in [0, 0.05) is 12.5 Å². The van der Waals surface area contributed by atoms with Crippen LogP contribution in [0, 0.1) is 0 Å². The molecule has 100 valence electrons. The molecule has 0 fully saturated rings. The molecule has 0 spiro atoms. The van der Waals surface area contributed by atoms with Gasteiger partial charge in [0.15, 0.2) is 6.61 Å². The van der Waals surface area contributed by atoms with Gasteiger partial charge in [0.1, 0.15) is 0 Å². The Morgan fingerprint density at radius 3 is 2.60 bits per heavy atom. The summed E-state index contributed by atoms with van der Waals surface area (Å²) in [7, 11) is 0. The molecule has 20 heavy (non-hydrogen) atoms. The molecule has 3 nitrogen and oxygen atoms in total. The van der Waals surface area contributed by atoms with Crippen molar-refractivity contribution in [3.05, 3.63) is 59.2 Å². The lowest BCUT2D eigenvalue weighted by molar-refractivity contribution is -0.139. The van der Waals surface area contributed by atoms with Crippen LogP contribution in [0.2, 0.25) is 0 Å². The normalized spacial score (nSPS) is 11.7. The monoisotopic (exact) mass is 266 g/mol. The largest absolute Gasteiger partial charge is 0.457 e. The van der Waals surface area contributed by atoms with E-state index in [1.54, 1.807) is 6.07 Å². The fourth-order valence-electron chi connectivity index (χ4n) is 2.66. The fourth-order valence-corrected chi connectivity index (χ4v) is 2.66. The van der Waals surface area contributed by atoms with Crippen LogP contribution >= 0.6 is 0 Å². The summed E-state index contributed by atoms with van der Waals surface area (Å²) in [4.78, 5) is 23.0. The van der Waals surface area contributed by atoms with Gasteiger partial charge in [-0.25, -0.2) is 0 Å². The number of fused-ring (bicyclic) bond motifs is 3. The molecule has 0 aliphatic heterocycles. The minimum absolute atomic E-state index is 0.148. The molecule has 3 heteroatoms. The van der Waals surface area contributed by atoms with E-state index in [0.717, 1.165) is 17.5 Å². The molecule has 2 aromatic rings. The van der Waals surface area contributed by atoms with E-state index in [1.807, 2.05) is 24.3 Å². The molecule has 0 N–H and O–H groups in total. The number of benzene rings is 2. The zero-order valence-electron chi connectivity index (χ0n) is 11.2. The van der Waals surface area contributed by atoms with E-state index in [9.17, 15) is 9.59 Å². The molecule has 2 aromatic carbocycles. The minimum Gasteiger partial charge on any atom is -0.457 e. The molecule has 0 unspecified atom stereocenters. The third-order valence-electron chi connectivity index (χ3n) is 3.56. The third-order valence-corrected chi connectivity index (χ3v) is 3.56. The van der Waals surface area contributed by atoms with Crippen molar-refractivity contribution < 1.29 is 14.3 Å². The number of hydrogen-bond acceptors (Lipinski definition) is 3. The lowest BCUT2D eigenvalue weighted by Gasteiger charge is -2.07. The molecule has 0 aromatic heterocycles. The quantitative estimate of drug-likeness (QED) is 0.540. The Morgan fingerprint density at radius 1 is 1.05 bits per heavy atom. The number of carbonyl (C=O) groups is 2. The number of ether oxygens (including phenoxy) is 1. The maximum absolute atomic E-state index is 12.2. The van der Waals surface area contributed by atoms with Gasteiger partial charge in [-0.3, -0.25) is 9.59 Å². The first-order valence-corrected chi connectivity index (χ1v) is 6.53. The lowest BCUT2D eigenvalue weighted by Crippen LogP contribution is -2.13. The zero-order valence-corrected chi connectivity index (χ0v) is 11.2. The van der Waals surface area contributed by atoms with Crippen molar-refractivity contribution in [1.29, 1.82) is 0 Å². The van der Waals surface area contributed by atoms with E-state index in [0.29, 0.717) is 5.56 Å². The molecule has 0 bridgehead atoms. The highest BCUT2D eigenvalue weighted by molar-refractivity contribution is 6.01. The van der Waals surface area contributed by atoms with E-state index in [4.69, 9.17) is 4.74 Å². The Morgan fingerprint density at radius 2 is 1.80 bits per heavy atom. The summed E-state index contributed by atoms with van der Waals surface area (Å²) in [6, 6.07) is 13.9. The van der Waals surface area contributed by atoms with Crippen molar-refractivity contribution >= 4 is 11.8 Å². The highest BCUT2D eigenvalue weighted by Crippen LogP contribution is 2.38. The van der Waals surface area contributed by atoms with Crippen LogP contribution in [-0.2, 0) is 16.0 Å². The first-order valence-electron chi connectivity index (χ1n) is 6.53. The van der Waals surface area contributed by atoms with Crippen LogP contribution in [0.25, 0.3) is 11.1 Å². The van der Waals surface area contributed by atoms with Crippen LogP contribution in [0.1, 0.15) is 28.4 Å². The lowest BCUT2D eigenvalue weighted by atomic mass is 9.99. The van der Waals surface area contributed by atoms with Gasteiger partial charge < -0.3 is 4.74 Å². The summed E-state index contributed by atoms with van der Waals surface area (Å²) in [6.07, 6.45) is 0.757. The second-order valence-electron chi connectivity index (χ2n) is 4.87. The first kappa shape index (κ1) is 12.6. The SMILES string of the molecule is CC(=O)OCC(=O)c1cccc2c1Cc1ccccc1-2. The molecule has 0 radical (unpaired) electrons. The smallest absolute Gasteiger partial charge is 0.303 e. The summed E-state index contributed by atoms with van der Waals surface area (Å²) in [5, 5.41) is 0. The number of ketones is 1. The van der Waals surface area contributed by atoms with Crippen LogP contribution < -0.4 is 0 Å². The average Bonchev–Trinajstić information content (AvgIpc) is 2.83. The molecule has 0 saturated heterocycles. The molecule has 1 aliphatic carbocycles. The van der Waals surface area contributed by atoms with Gasteiger partial charge >= 0.3 is 5.97 Å². The van der Waals surface area contributed by atoms with Gasteiger partial charge in [0.2, 0.25) is 5.78 Å². The van der Waals surface area contributed by atoms with Gasteiger partial charge in [-0.05, 0) is 28.7 Å². The zero-order chi connectivity index (χ0) is 14.1. The van der Waals surface area contributed by atoms with Crippen molar-refractivity contribution in [3.8, 4) is 11.1 Å². The Kier molecular flexibility index (Phi) is 3.11. The molecule has 0 saturated carbocycles. The van der Waals surface area contributed by atoms with Crippen molar-refractivity contribution in [2.24, 2.45) is 0 Å². The molecule has 1 aliphatic rings. The predicted octanol–water partition coefficient (Wildman–Crippen LogP) is 3.00. The molecule has 0 heterocycles. The fraction of sp³-hybridized carbons (Fsp3) is 0.176. The maximum Gasteiger partial charge on any atom is 0.303 e. The van der Waals surface area contributed by atoms with Crippen molar-refractivity contribution in [3.63, 3.8) is 0 Å². The molecular weight excluding hydrogens is 252 g/mol. The topological polar surface area (TPSA) is 43.4 Å². The summed E-state index contributed by atoms with van der Waals surface area (Å²) >= 11 is 0. The molecular formula is C17H14O3. The number of Topliss-reactive ketones (excluding diaryl/α,β-unsaturated/α-hetero) is 1. The highest BCUT2D eigenvalue weighted by atomic mass is 16.5. The summed E-state index contributed by atoms with van der Waals surface area (Å²) in [6.45, 7) is 1.11. The van der Waals surface area contributed by atoms with E-state index in [2.05, 4.69) is 12.1 Å². The van der Waals surface area contributed by atoms with Gasteiger partial charge in [-0.15, -0.1) is 0 Å². The van der Waals surface area contributed by atoms with Crippen LogP contribution in [0.4, 0.5) is 0 Å². The second kappa shape index (κ2) is 4.93. The van der Waals surface area contributed by atoms with E-state index >= 15 is 0 Å². The van der Waals surface area contributed by atoms with Crippen LogP contribution in [-0.4, -0.2) is 18.4 Å².